The van der Waals surface area contributed by atoms with Gasteiger partial charge in [0.25, 0.3) is 17.4 Å². The summed E-state index contributed by atoms with van der Waals surface area (Å²) in [7, 11) is 1.69. The monoisotopic (exact) mass is 645 g/mol. The van der Waals surface area contributed by atoms with Crippen LogP contribution in [0.5, 0.6) is 11.5 Å². The van der Waals surface area contributed by atoms with E-state index >= 15 is 0 Å². The highest BCUT2D eigenvalue weighted by Crippen LogP contribution is 2.32. The summed E-state index contributed by atoms with van der Waals surface area (Å²) < 4.78 is 7.15. The second-order valence-corrected chi connectivity index (χ2v) is 10.5. The Hall–Kier alpha value is -5.42. The quantitative estimate of drug-likeness (QED) is 0.108. The second-order valence-electron chi connectivity index (χ2n) is 10.5. The molecule has 1 fully saturated rings. The van der Waals surface area contributed by atoms with Crippen LogP contribution in [0.1, 0.15) is 28.8 Å². The molecule has 13 nitrogen and oxygen atoms in total. The Kier molecular flexibility index (Phi) is 10.6. The van der Waals surface area contributed by atoms with Crippen LogP contribution < -0.4 is 31.7 Å². The maximum Gasteiger partial charge on any atom is 0.274 e. The number of ether oxygens (including phenoxy) is 1. The Balaban J connectivity index is 0.00000480. The molecule has 5 rings (SSSR count). The molecule has 3 aromatic carbocycles. The molecule has 0 atom stereocenters. The first-order valence-electron chi connectivity index (χ1n) is 14.1. The highest BCUT2D eigenvalue weighted by Gasteiger charge is 2.24. The van der Waals surface area contributed by atoms with E-state index in [1.54, 1.807) is 55.6 Å². The lowest BCUT2D eigenvalue weighted by molar-refractivity contribution is -0.118. The highest BCUT2D eigenvalue weighted by molar-refractivity contribution is 5.97. The number of nitriles is 1. The molecule has 46 heavy (non-hydrogen) atoms. The number of aromatic hydroxyl groups is 1. The molecule has 0 radical (unpaired) electrons. The summed E-state index contributed by atoms with van der Waals surface area (Å²) in [6, 6.07) is 19.5. The fraction of sp³-hybridized carbons (Fsp3) is 0.219. The van der Waals surface area contributed by atoms with Gasteiger partial charge in [-0.15, -0.1) is 12.4 Å². The van der Waals surface area contributed by atoms with Gasteiger partial charge in [-0.2, -0.15) is 5.26 Å². The lowest BCUT2D eigenvalue weighted by Gasteiger charge is -2.32. The minimum atomic E-state index is -0.809. The zero-order valence-corrected chi connectivity index (χ0v) is 25.6. The molecule has 0 saturated carbocycles. The van der Waals surface area contributed by atoms with Crippen molar-refractivity contribution in [1.29, 1.82) is 5.26 Å². The van der Waals surface area contributed by atoms with Crippen molar-refractivity contribution in [3.63, 3.8) is 0 Å². The van der Waals surface area contributed by atoms with Gasteiger partial charge in [0.2, 0.25) is 5.95 Å². The van der Waals surface area contributed by atoms with Crippen LogP contribution in [0.4, 0.5) is 11.6 Å². The van der Waals surface area contributed by atoms with Crippen LogP contribution in [0.15, 0.2) is 71.5 Å². The number of phenolic OH excluding ortho intramolecular Hbond substituents is 1. The van der Waals surface area contributed by atoms with E-state index in [-0.39, 0.29) is 47.6 Å². The first-order chi connectivity index (χ1) is 21.7. The molecule has 0 unspecified atom stereocenters. The van der Waals surface area contributed by atoms with Gasteiger partial charge >= 0.3 is 0 Å². The Morgan fingerprint density at radius 3 is 2.33 bits per heavy atom. The summed E-state index contributed by atoms with van der Waals surface area (Å²) in [4.78, 5) is 44.8. The molecule has 1 saturated heterocycles. The Morgan fingerprint density at radius 2 is 1.72 bits per heavy atom. The SMILES string of the molecule is Cl.Cn1c(N2CCC(N)CC2)nc(-c2ccc(C#N)cc2)c(-c2ccc(OCC(=O)Nc3ccc(C(=O)NO)cc3O)cc2)c1=O. The van der Waals surface area contributed by atoms with Gasteiger partial charge in [0.15, 0.2) is 6.61 Å². The molecule has 2 amide bonds. The minimum Gasteiger partial charge on any atom is -0.506 e. The van der Waals surface area contributed by atoms with Gasteiger partial charge in [0, 0.05) is 37.3 Å². The van der Waals surface area contributed by atoms with E-state index < -0.39 is 11.8 Å². The maximum atomic E-state index is 13.9. The number of rotatable bonds is 8. The number of carbonyl (C=O) groups excluding carboxylic acids is 2. The number of carbonyl (C=O) groups is 2. The number of hydroxylamine groups is 1. The number of nitrogens with two attached hydrogens (primary N) is 1. The van der Waals surface area contributed by atoms with Crippen LogP contribution >= 0.6 is 12.4 Å². The van der Waals surface area contributed by atoms with Crippen LogP contribution in [0.3, 0.4) is 0 Å². The zero-order chi connectivity index (χ0) is 32.1. The van der Waals surface area contributed by atoms with Crippen LogP contribution in [0.25, 0.3) is 22.4 Å². The number of nitrogens with zero attached hydrogens (tertiary/aromatic N) is 4. The van der Waals surface area contributed by atoms with Crippen LogP contribution in [0, 0.1) is 11.3 Å². The van der Waals surface area contributed by atoms with Crippen LogP contribution in [-0.2, 0) is 11.8 Å². The molecule has 0 bridgehead atoms. The summed E-state index contributed by atoms with van der Waals surface area (Å²) in [5, 5.41) is 30.6. The van der Waals surface area contributed by atoms with Gasteiger partial charge in [-0.05, 0) is 60.9 Å². The van der Waals surface area contributed by atoms with E-state index in [0.29, 0.717) is 52.7 Å². The zero-order valence-electron chi connectivity index (χ0n) is 24.8. The van der Waals surface area contributed by atoms with Gasteiger partial charge in [-0.25, -0.2) is 10.5 Å². The molecule has 1 aliphatic rings. The third-order valence-electron chi connectivity index (χ3n) is 7.53. The summed E-state index contributed by atoms with van der Waals surface area (Å²) in [5.74, 6) is -0.839. The number of amides is 2. The van der Waals surface area contributed by atoms with Gasteiger partial charge in [-0.1, -0.05) is 24.3 Å². The van der Waals surface area contributed by atoms with E-state index in [1.165, 1.54) is 22.2 Å². The number of aromatic nitrogens is 2. The van der Waals surface area contributed by atoms with Gasteiger partial charge in [-0.3, -0.25) is 24.2 Å². The summed E-state index contributed by atoms with van der Waals surface area (Å²) in [6.07, 6.45) is 1.58. The van der Waals surface area contributed by atoms with Crippen molar-refractivity contribution < 1.29 is 24.6 Å². The molecule has 1 aliphatic heterocycles. The van der Waals surface area contributed by atoms with Crippen molar-refractivity contribution in [1.82, 2.24) is 15.0 Å². The Bertz CT molecular complexity index is 1830. The molecule has 2 heterocycles. The molecule has 238 valence electrons. The van der Waals surface area contributed by atoms with Crippen molar-refractivity contribution in [3.8, 4) is 40.0 Å². The lowest BCUT2D eigenvalue weighted by Crippen LogP contribution is -2.42. The largest absolute Gasteiger partial charge is 0.506 e. The van der Waals surface area contributed by atoms with Crippen molar-refractivity contribution in [2.75, 3.05) is 29.9 Å². The number of benzene rings is 3. The molecule has 0 aliphatic carbocycles. The average Bonchev–Trinajstić information content (AvgIpc) is 3.06. The van der Waals surface area contributed by atoms with E-state index in [1.807, 2.05) is 0 Å². The van der Waals surface area contributed by atoms with Gasteiger partial charge in [0.1, 0.15) is 11.5 Å². The maximum absolute atomic E-state index is 13.9. The second kappa shape index (κ2) is 14.6. The molecular formula is C32H32ClN7O6. The van der Waals surface area contributed by atoms with E-state index in [2.05, 4.69) is 16.3 Å². The standard InChI is InChI=1S/C32H31N7O6.ClH/c1-38-31(43)28(29(21-4-2-19(17-33)3-5-21)36-32(38)39-14-12-23(34)13-15-39)20-6-9-24(10-7-20)45-18-27(41)35-25-11-8-22(16-26(25)40)30(42)37-44;/h2-11,16,23,40,44H,12-15,18,34H2,1H3,(H,35,41)(H,37,42);1H. The van der Waals surface area contributed by atoms with Crippen molar-refractivity contribution in [2.45, 2.75) is 18.9 Å². The molecule has 6 N–H and O–H groups in total. The summed E-state index contributed by atoms with van der Waals surface area (Å²) in [5.41, 5.74) is 9.98. The van der Waals surface area contributed by atoms with Crippen molar-refractivity contribution in [2.24, 2.45) is 12.8 Å². The van der Waals surface area contributed by atoms with E-state index in [0.717, 1.165) is 18.9 Å². The number of halogens is 1. The third-order valence-corrected chi connectivity index (χ3v) is 7.53. The number of hydrogen-bond acceptors (Lipinski definition) is 10. The Morgan fingerprint density at radius 1 is 1.07 bits per heavy atom. The molecule has 14 heteroatoms. The first-order valence-corrected chi connectivity index (χ1v) is 14.1. The minimum absolute atomic E-state index is 0. The van der Waals surface area contributed by atoms with Crippen LogP contribution in [-0.4, -0.2) is 57.4 Å². The molecular weight excluding hydrogens is 614 g/mol. The Labute approximate surface area is 270 Å². The number of hydrogen-bond donors (Lipinski definition) is 5. The predicted octanol–water partition coefficient (Wildman–Crippen LogP) is 3.18. The number of piperidine rings is 1. The molecule has 4 aromatic rings. The van der Waals surface area contributed by atoms with Crippen LogP contribution in [0.2, 0.25) is 0 Å². The first kappa shape index (κ1) is 33.5. The molecule has 0 spiro atoms. The number of nitrogens with one attached hydrogen (secondary N) is 2. The number of phenols is 1. The number of anilines is 2. The van der Waals surface area contributed by atoms with Gasteiger partial charge in [0.05, 0.1) is 28.6 Å². The van der Waals surface area contributed by atoms with Crippen molar-refractivity contribution in [3.05, 3.63) is 88.2 Å². The normalized spacial score (nSPS) is 12.9. The lowest BCUT2D eigenvalue weighted by atomic mass is 9.99. The summed E-state index contributed by atoms with van der Waals surface area (Å²) in [6.45, 7) is 0.976. The van der Waals surface area contributed by atoms with E-state index in [9.17, 15) is 24.8 Å². The smallest absolute Gasteiger partial charge is 0.274 e. The highest BCUT2D eigenvalue weighted by atomic mass is 35.5. The fourth-order valence-corrected chi connectivity index (χ4v) is 5.04. The average molecular weight is 646 g/mol. The third kappa shape index (κ3) is 7.27. The molecule has 1 aromatic heterocycles. The summed E-state index contributed by atoms with van der Waals surface area (Å²) >= 11 is 0. The topological polar surface area (TPSA) is 196 Å². The predicted molar refractivity (Wildman–Crippen MR) is 173 cm³/mol. The fourth-order valence-electron chi connectivity index (χ4n) is 5.04. The van der Waals surface area contributed by atoms with Crippen molar-refractivity contribution >= 4 is 35.9 Å². The van der Waals surface area contributed by atoms with Gasteiger partial charge < -0.3 is 25.8 Å². The van der Waals surface area contributed by atoms with E-state index in [4.69, 9.17) is 20.7 Å².